The van der Waals surface area contributed by atoms with Crippen LogP contribution in [0.5, 0.6) is 0 Å². The quantitative estimate of drug-likeness (QED) is 0.890. The summed E-state index contributed by atoms with van der Waals surface area (Å²) in [5, 5.41) is 10.4. The number of nitrogens with zero attached hydrogens (tertiary/aromatic N) is 2. The maximum absolute atomic E-state index is 12.7. The van der Waals surface area contributed by atoms with E-state index >= 15 is 0 Å². The van der Waals surface area contributed by atoms with Crippen LogP contribution in [0.1, 0.15) is 63.0 Å². The molecule has 3 fully saturated rings. The average molecular weight is 370 g/mol. The largest absolute Gasteiger partial charge is 0.378 e. The Morgan fingerprint density at radius 1 is 1.07 bits per heavy atom. The van der Waals surface area contributed by atoms with Crippen LogP contribution in [0.4, 0.5) is 0 Å². The highest BCUT2D eigenvalue weighted by atomic mass is 16.3. The summed E-state index contributed by atoms with van der Waals surface area (Å²) in [6, 6.07) is 9.59. The Hall–Kier alpha value is -1.88. The third-order valence-corrected chi connectivity index (χ3v) is 6.95. The van der Waals surface area contributed by atoms with Crippen LogP contribution >= 0.6 is 0 Å². The Bertz CT molecular complexity index is 676. The van der Waals surface area contributed by atoms with E-state index < -0.39 is 6.10 Å². The molecule has 5 heteroatoms. The van der Waals surface area contributed by atoms with Gasteiger partial charge < -0.3 is 14.9 Å². The van der Waals surface area contributed by atoms with Crippen LogP contribution in [0.15, 0.2) is 30.3 Å². The van der Waals surface area contributed by atoms with Crippen molar-refractivity contribution in [3.05, 3.63) is 35.9 Å². The molecule has 1 atom stereocenters. The molecule has 0 unspecified atom stereocenters. The number of benzene rings is 1. The molecule has 5 nitrogen and oxygen atoms in total. The molecule has 2 heterocycles. The van der Waals surface area contributed by atoms with E-state index in [1.54, 1.807) is 17.0 Å². The minimum Gasteiger partial charge on any atom is -0.378 e. The van der Waals surface area contributed by atoms with Gasteiger partial charge in [-0.25, -0.2) is 0 Å². The molecule has 4 rings (SSSR count). The summed E-state index contributed by atoms with van der Waals surface area (Å²) in [6.45, 7) is 2.21. The van der Waals surface area contributed by atoms with E-state index in [4.69, 9.17) is 0 Å². The number of rotatable bonds is 3. The average Bonchev–Trinajstić information content (AvgIpc) is 3.25. The van der Waals surface area contributed by atoms with Crippen LogP contribution in [-0.4, -0.2) is 52.4 Å². The van der Waals surface area contributed by atoms with E-state index in [1.807, 2.05) is 18.2 Å². The van der Waals surface area contributed by atoms with Crippen molar-refractivity contribution in [1.82, 2.24) is 9.80 Å². The van der Waals surface area contributed by atoms with E-state index in [1.165, 1.54) is 12.8 Å². The number of aliphatic hydroxyl groups excluding tert-OH is 1. The van der Waals surface area contributed by atoms with Crippen molar-refractivity contribution in [1.29, 1.82) is 0 Å². The molecule has 146 valence electrons. The smallest absolute Gasteiger partial charge is 0.256 e. The molecule has 27 heavy (non-hydrogen) atoms. The van der Waals surface area contributed by atoms with Crippen LogP contribution in [0.2, 0.25) is 0 Å². The first-order chi connectivity index (χ1) is 13.1. The molecular formula is C22H30N2O3. The number of hydrogen-bond donors (Lipinski definition) is 1. The zero-order chi connectivity index (χ0) is 18.9. The Morgan fingerprint density at radius 2 is 1.74 bits per heavy atom. The predicted molar refractivity (Wildman–Crippen MR) is 103 cm³/mol. The highest BCUT2D eigenvalue weighted by molar-refractivity contribution is 5.82. The summed E-state index contributed by atoms with van der Waals surface area (Å²) in [4.78, 5) is 29.1. The molecule has 1 aromatic carbocycles. The number of amides is 2. The van der Waals surface area contributed by atoms with Crippen molar-refractivity contribution in [2.45, 2.75) is 63.5 Å². The third-order valence-electron chi connectivity index (χ3n) is 6.95. The van der Waals surface area contributed by atoms with Crippen LogP contribution in [-0.2, 0) is 9.59 Å². The lowest BCUT2D eigenvalue weighted by molar-refractivity contribution is -0.148. The monoisotopic (exact) mass is 370 g/mol. The zero-order valence-corrected chi connectivity index (χ0v) is 16.0. The molecule has 2 amide bonds. The van der Waals surface area contributed by atoms with Crippen LogP contribution < -0.4 is 0 Å². The number of carbonyl (C=O) groups is 2. The first-order valence-corrected chi connectivity index (χ1v) is 10.4. The Morgan fingerprint density at radius 3 is 2.41 bits per heavy atom. The highest BCUT2D eigenvalue weighted by Gasteiger charge is 2.44. The molecule has 1 aromatic rings. The third kappa shape index (κ3) is 3.75. The van der Waals surface area contributed by atoms with Crippen molar-refractivity contribution in [2.75, 3.05) is 19.6 Å². The lowest BCUT2D eigenvalue weighted by Crippen LogP contribution is -2.54. The van der Waals surface area contributed by atoms with E-state index in [2.05, 4.69) is 4.90 Å². The van der Waals surface area contributed by atoms with Gasteiger partial charge in [-0.05, 0) is 43.1 Å². The van der Waals surface area contributed by atoms with Crippen molar-refractivity contribution >= 4 is 11.8 Å². The van der Waals surface area contributed by atoms with Gasteiger partial charge in [0.1, 0.15) is 0 Å². The second-order valence-electron chi connectivity index (χ2n) is 8.60. The van der Waals surface area contributed by atoms with Crippen molar-refractivity contribution < 1.29 is 14.7 Å². The van der Waals surface area contributed by atoms with Gasteiger partial charge in [-0.1, -0.05) is 43.2 Å². The number of aliphatic hydroxyl groups is 1. The SMILES string of the molecule is O=C([C@H](O)c1ccccc1)N1CCC2(CCC(=O)N(C3CCCC3)C2)CC1. The molecule has 1 aliphatic carbocycles. The van der Waals surface area contributed by atoms with E-state index in [9.17, 15) is 14.7 Å². The lowest BCUT2D eigenvalue weighted by Gasteiger charge is -2.49. The van der Waals surface area contributed by atoms with Gasteiger partial charge in [0.05, 0.1) is 0 Å². The van der Waals surface area contributed by atoms with E-state index in [0.29, 0.717) is 37.0 Å². The molecule has 0 bridgehead atoms. The van der Waals surface area contributed by atoms with Crippen molar-refractivity contribution in [3.8, 4) is 0 Å². The minimum absolute atomic E-state index is 0.158. The maximum Gasteiger partial charge on any atom is 0.256 e. The first kappa shape index (κ1) is 18.5. The van der Waals surface area contributed by atoms with Gasteiger partial charge in [0, 0.05) is 32.1 Å². The number of piperidine rings is 2. The summed E-state index contributed by atoms with van der Waals surface area (Å²) in [5.41, 5.74) is 0.809. The molecule has 1 saturated carbocycles. The van der Waals surface area contributed by atoms with Gasteiger partial charge in [0.25, 0.3) is 5.91 Å². The molecule has 2 saturated heterocycles. The Labute approximate surface area is 161 Å². The second-order valence-corrected chi connectivity index (χ2v) is 8.60. The minimum atomic E-state index is -1.08. The molecule has 2 aliphatic heterocycles. The van der Waals surface area contributed by atoms with E-state index in [0.717, 1.165) is 38.6 Å². The van der Waals surface area contributed by atoms with Crippen LogP contribution in [0, 0.1) is 5.41 Å². The lowest BCUT2D eigenvalue weighted by atomic mass is 9.72. The second kappa shape index (κ2) is 7.63. The topological polar surface area (TPSA) is 60.9 Å². The van der Waals surface area contributed by atoms with Gasteiger partial charge >= 0.3 is 0 Å². The number of likely N-dealkylation sites (tertiary alicyclic amines) is 2. The maximum atomic E-state index is 12.7. The predicted octanol–water partition coefficient (Wildman–Crippen LogP) is 2.89. The van der Waals surface area contributed by atoms with Gasteiger partial charge in [-0.2, -0.15) is 0 Å². The van der Waals surface area contributed by atoms with Crippen LogP contribution in [0.3, 0.4) is 0 Å². The fraction of sp³-hybridized carbons (Fsp3) is 0.636. The number of carbonyl (C=O) groups excluding carboxylic acids is 2. The summed E-state index contributed by atoms with van der Waals surface area (Å²) >= 11 is 0. The van der Waals surface area contributed by atoms with Crippen LogP contribution in [0.25, 0.3) is 0 Å². The molecule has 1 N–H and O–H groups in total. The summed E-state index contributed by atoms with van der Waals surface area (Å²) in [5.74, 6) is 0.126. The standard InChI is InChI=1S/C22H30N2O3/c25-19-10-11-22(16-24(19)18-8-4-5-9-18)12-14-23(15-13-22)21(27)20(26)17-6-2-1-3-7-17/h1-3,6-7,18,20,26H,4-5,8-16H2/t20-/m1/s1. The Kier molecular flexibility index (Phi) is 5.22. The van der Waals surface area contributed by atoms with Crippen molar-refractivity contribution in [3.63, 3.8) is 0 Å². The molecule has 0 radical (unpaired) electrons. The van der Waals surface area contributed by atoms with E-state index in [-0.39, 0.29) is 11.3 Å². The first-order valence-electron chi connectivity index (χ1n) is 10.4. The molecule has 1 spiro atoms. The van der Waals surface area contributed by atoms with Gasteiger partial charge in [-0.3, -0.25) is 9.59 Å². The van der Waals surface area contributed by atoms with Crippen molar-refractivity contribution in [2.24, 2.45) is 5.41 Å². The summed E-state index contributed by atoms with van der Waals surface area (Å²) in [7, 11) is 0. The fourth-order valence-corrected chi connectivity index (χ4v) is 5.15. The Balaban J connectivity index is 1.38. The van der Waals surface area contributed by atoms with Gasteiger partial charge in [0.15, 0.2) is 6.10 Å². The molecule has 3 aliphatic rings. The fourth-order valence-electron chi connectivity index (χ4n) is 5.15. The van der Waals surface area contributed by atoms with Gasteiger partial charge in [0.2, 0.25) is 5.91 Å². The summed E-state index contributed by atoms with van der Waals surface area (Å²) in [6.07, 6.45) is 7.14. The van der Waals surface area contributed by atoms with Gasteiger partial charge in [-0.15, -0.1) is 0 Å². The molecule has 0 aromatic heterocycles. The molecular weight excluding hydrogens is 340 g/mol. The summed E-state index contributed by atoms with van der Waals surface area (Å²) < 4.78 is 0. The zero-order valence-electron chi connectivity index (χ0n) is 16.0. The highest BCUT2D eigenvalue weighted by Crippen LogP contribution is 2.42. The number of hydrogen-bond acceptors (Lipinski definition) is 3. The normalized spacial score (nSPS) is 24.4.